The van der Waals surface area contributed by atoms with Crippen LogP contribution in [-0.2, 0) is 4.79 Å². The van der Waals surface area contributed by atoms with Crippen molar-refractivity contribution < 1.29 is 14.7 Å². The lowest BCUT2D eigenvalue weighted by Gasteiger charge is -2.27. The molecule has 0 fully saturated rings. The maximum Gasteiger partial charge on any atom is 0.326 e. The zero-order chi connectivity index (χ0) is 14.8. The third-order valence-electron chi connectivity index (χ3n) is 2.56. The third kappa shape index (κ3) is 4.35. The van der Waals surface area contributed by atoms with Gasteiger partial charge < -0.3 is 10.4 Å². The third-order valence-corrected chi connectivity index (χ3v) is 3.74. The maximum atomic E-state index is 12.1. The first-order valence-electron chi connectivity index (χ1n) is 5.61. The molecule has 0 aliphatic rings. The van der Waals surface area contributed by atoms with Crippen LogP contribution in [0.25, 0.3) is 0 Å². The molecule has 1 aromatic carbocycles. The highest BCUT2D eigenvalue weighted by Crippen LogP contribution is 2.22. The number of carboxylic acids is 1. The molecule has 0 aliphatic carbocycles. The standard InChI is InChI=1S/C13H15ClINO3/c1-13(2,3)10(12(18)19)16-11(17)8-6-7(14)4-5-9(8)15/h4-6,10H,1-3H3,(H,16,17)(H,18,19)/t10-/m1/s1. The Bertz CT molecular complexity index is 511. The molecule has 4 nitrogen and oxygen atoms in total. The Morgan fingerprint density at radius 2 is 1.95 bits per heavy atom. The molecular formula is C13H15ClINO3. The molecule has 2 N–H and O–H groups in total. The van der Waals surface area contributed by atoms with Crippen LogP contribution in [0, 0.1) is 8.99 Å². The van der Waals surface area contributed by atoms with E-state index in [9.17, 15) is 14.7 Å². The molecule has 1 aromatic rings. The number of benzene rings is 1. The number of aliphatic carboxylic acids is 1. The largest absolute Gasteiger partial charge is 0.480 e. The average Bonchev–Trinajstić information content (AvgIpc) is 2.26. The Kier molecular flexibility index (Phi) is 5.20. The highest BCUT2D eigenvalue weighted by Gasteiger charge is 2.33. The van der Waals surface area contributed by atoms with Gasteiger partial charge in [-0.25, -0.2) is 4.79 Å². The van der Waals surface area contributed by atoms with Crippen LogP contribution in [0.3, 0.4) is 0 Å². The predicted molar refractivity (Wildman–Crippen MR) is 82.5 cm³/mol. The number of hydrogen-bond donors (Lipinski definition) is 2. The van der Waals surface area contributed by atoms with Gasteiger partial charge in [0.25, 0.3) is 5.91 Å². The number of halogens is 2. The summed E-state index contributed by atoms with van der Waals surface area (Å²) in [5.74, 6) is -1.49. The Hall–Kier alpha value is -0.820. The van der Waals surface area contributed by atoms with Crippen LogP contribution in [0.15, 0.2) is 18.2 Å². The van der Waals surface area contributed by atoms with Gasteiger partial charge in [0.15, 0.2) is 0 Å². The molecule has 1 atom stereocenters. The van der Waals surface area contributed by atoms with Crippen LogP contribution in [0.5, 0.6) is 0 Å². The predicted octanol–water partition coefficient (Wildman–Crippen LogP) is 3.17. The second-order valence-electron chi connectivity index (χ2n) is 5.23. The Morgan fingerprint density at radius 1 is 1.37 bits per heavy atom. The summed E-state index contributed by atoms with van der Waals surface area (Å²) in [5.41, 5.74) is -0.200. The molecule has 0 saturated carbocycles. The van der Waals surface area contributed by atoms with Crippen molar-refractivity contribution in [2.45, 2.75) is 26.8 Å². The molecule has 0 heterocycles. The van der Waals surface area contributed by atoms with E-state index >= 15 is 0 Å². The summed E-state index contributed by atoms with van der Waals surface area (Å²) < 4.78 is 0.720. The van der Waals surface area contributed by atoms with Crippen molar-refractivity contribution in [3.63, 3.8) is 0 Å². The van der Waals surface area contributed by atoms with Crippen LogP contribution >= 0.6 is 34.2 Å². The van der Waals surface area contributed by atoms with Crippen molar-refractivity contribution in [1.82, 2.24) is 5.32 Å². The summed E-state index contributed by atoms with van der Waals surface area (Å²) in [4.78, 5) is 23.4. The first-order valence-corrected chi connectivity index (χ1v) is 7.07. The highest BCUT2D eigenvalue weighted by molar-refractivity contribution is 14.1. The van der Waals surface area contributed by atoms with E-state index in [-0.39, 0.29) is 0 Å². The quantitative estimate of drug-likeness (QED) is 0.773. The number of carbonyl (C=O) groups is 2. The van der Waals surface area contributed by atoms with Crippen molar-refractivity contribution >= 4 is 46.1 Å². The fourth-order valence-electron chi connectivity index (χ4n) is 1.53. The second kappa shape index (κ2) is 6.09. The minimum atomic E-state index is -1.06. The van der Waals surface area contributed by atoms with Gasteiger partial charge in [0.2, 0.25) is 0 Å². The average molecular weight is 396 g/mol. The van der Waals surface area contributed by atoms with Gasteiger partial charge >= 0.3 is 5.97 Å². The summed E-state index contributed by atoms with van der Waals surface area (Å²) in [7, 11) is 0. The van der Waals surface area contributed by atoms with E-state index in [4.69, 9.17) is 11.6 Å². The Morgan fingerprint density at radius 3 is 2.42 bits per heavy atom. The molecule has 0 bridgehead atoms. The number of nitrogens with one attached hydrogen (secondary N) is 1. The first kappa shape index (κ1) is 16.2. The van der Waals surface area contributed by atoms with Crippen LogP contribution in [0.4, 0.5) is 0 Å². The Labute approximate surface area is 130 Å². The van der Waals surface area contributed by atoms with Gasteiger partial charge in [0.1, 0.15) is 6.04 Å². The summed E-state index contributed by atoms with van der Waals surface area (Å²) >= 11 is 7.86. The number of carboxylic acid groups (broad SMARTS) is 1. The summed E-state index contributed by atoms with van der Waals surface area (Å²) in [5, 5.41) is 12.2. The molecule has 6 heteroatoms. The molecular weight excluding hydrogens is 381 g/mol. The van der Waals surface area contributed by atoms with E-state index in [0.717, 1.165) is 3.57 Å². The fraction of sp³-hybridized carbons (Fsp3) is 0.385. The lowest BCUT2D eigenvalue weighted by molar-refractivity contribution is -0.142. The lowest BCUT2D eigenvalue weighted by Crippen LogP contribution is -2.49. The van der Waals surface area contributed by atoms with Crippen molar-refractivity contribution in [3.8, 4) is 0 Å². The molecule has 19 heavy (non-hydrogen) atoms. The van der Waals surface area contributed by atoms with Gasteiger partial charge in [-0.2, -0.15) is 0 Å². The van der Waals surface area contributed by atoms with Crippen LogP contribution in [0.1, 0.15) is 31.1 Å². The van der Waals surface area contributed by atoms with Crippen LogP contribution in [0.2, 0.25) is 5.02 Å². The minimum Gasteiger partial charge on any atom is -0.480 e. The topological polar surface area (TPSA) is 66.4 Å². The lowest BCUT2D eigenvalue weighted by atomic mass is 9.86. The van der Waals surface area contributed by atoms with Crippen molar-refractivity contribution in [2.24, 2.45) is 5.41 Å². The van der Waals surface area contributed by atoms with E-state index in [0.29, 0.717) is 10.6 Å². The zero-order valence-corrected chi connectivity index (χ0v) is 13.7. The molecule has 0 aliphatic heterocycles. The summed E-state index contributed by atoms with van der Waals surface area (Å²) in [6, 6.07) is 3.96. The molecule has 1 amide bonds. The monoisotopic (exact) mass is 395 g/mol. The van der Waals surface area contributed by atoms with Crippen LogP contribution in [-0.4, -0.2) is 23.0 Å². The SMILES string of the molecule is CC(C)(C)[C@H](NC(=O)c1cc(Cl)ccc1I)C(=O)O. The molecule has 0 saturated heterocycles. The van der Waals surface area contributed by atoms with Gasteiger partial charge in [-0.1, -0.05) is 32.4 Å². The highest BCUT2D eigenvalue weighted by atomic mass is 127. The van der Waals surface area contributed by atoms with Gasteiger partial charge in [-0.15, -0.1) is 0 Å². The van der Waals surface area contributed by atoms with Crippen molar-refractivity contribution in [3.05, 3.63) is 32.4 Å². The smallest absolute Gasteiger partial charge is 0.326 e. The number of amides is 1. The molecule has 0 unspecified atom stereocenters. The van der Waals surface area contributed by atoms with E-state index in [1.165, 1.54) is 6.07 Å². The van der Waals surface area contributed by atoms with E-state index in [1.807, 2.05) is 22.6 Å². The van der Waals surface area contributed by atoms with E-state index in [1.54, 1.807) is 32.9 Å². The molecule has 0 spiro atoms. The molecule has 1 rings (SSSR count). The number of hydrogen-bond acceptors (Lipinski definition) is 2. The second-order valence-corrected chi connectivity index (χ2v) is 6.83. The van der Waals surface area contributed by atoms with Gasteiger partial charge in [-0.3, -0.25) is 4.79 Å². The maximum absolute atomic E-state index is 12.1. The summed E-state index contributed by atoms with van der Waals surface area (Å²) in [6.45, 7) is 5.28. The Balaban J connectivity index is 3.01. The zero-order valence-electron chi connectivity index (χ0n) is 10.8. The fourth-order valence-corrected chi connectivity index (χ4v) is 2.28. The first-order chi connectivity index (χ1) is 8.62. The normalized spacial score (nSPS) is 12.9. The molecule has 104 valence electrons. The molecule has 0 radical (unpaired) electrons. The summed E-state index contributed by atoms with van der Waals surface area (Å²) in [6.07, 6.45) is 0. The molecule has 0 aromatic heterocycles. The van der Waals surface area contributed by atoms with Crippen molar-refractivity contribution in [1.29, 1.82) is 0 Å². The van der Waals surface area contributed by atoms with Gasteiger partial charge in [0.05, 0.1) is 5.56 Å². The number of carbonyl (C=O) groups excluding carboxylic acids is 1. The van der Waals surface area contributed by atoms with E-state index < -0.39 is 23.3 Å². The van der Waals surface area contributed by atoms with Crippen molar-refractivity contribution in [2.75, 3.05) is 0 Å². The van der Waals surface area contributed by atoms with Gasteiger partial charge in [-0.05, 0) is 46.2 Å². The van der Waals surface area contributed by atoms with Gasteiger partial charge in [0, 0.05) is 8.59 Å². The van der Waals surface area contributed by atoms with Crippen LogP contribution < -0.4 is 5.32 Å². The minimum absolute atomic E-state index is 0.378. The number of rotatable bonds is 3. The van der Waals surface area contributed by atoms with E-state index in [2.05, 4.69) is 5.32 Å².